The largest absolute Gasteiger partial charge is 0.372 e. The summed E-state index contributed by atoms with van der Waals surface area (Å²) in [5.41, 5.74) is 10.7. The summed E-state index contributed by atoms with van der Waals surface area (Å²) >= 11 is 0. The lowest BCUT2D eigenvalue weighted by Gasteiger charge is -2.36. The molecule has 0 unspecified atom stereocenters. The fourth-order valence-electron chi connectivity index (χ4n) is 5.12. The molecule has 8 heteroatoms. The van der Waals surface area contributed by atoms with Gasteiger partial charge in [0.2, 0.25) is 0 Å². The Bertz CT molecular complexity index is 1240. The molecule has 0 saturated carbocycles. The number of hydrogen-bond donors (Lipinski definition) is 1. The SMILES string of the molecule is C=CNC(=NCCN1CCN(/C(C)=C/C=C(C)/C(C)=C(\C)C(C)=NC)CC1)c1cccc(C(=C)N(CC)CC)c1C.C=O.C=O.CC.CC. The second-order valence-corrected chi connectivity index (χ2v) is 10.7. The van der Waals surface area contributed by atoms with Gasteiger partial charge in [0, 0.05) is 81.1 Å². The Morgan fingerprint density at radius 2 is 1.41 bits per heavy atom. The summed E-state index contributed by atoms with van der Waals surface area (Å²) in [5.74, 6) is 0.867. The van der Waals surface area contributed by atoms with E-state index in [9.17, 15) is 0 Å². The van der Waals surface area contributed by atoms with Gasteiger partial charge in [-0.3, -0.25) is 14.9 Å². The van der Waals surface area contributed by atoms with Gasteiger partial charge in [-0.25, -0.2) is 0 Å². The molecule has 1 fully saturated rings. The van der Waals surface area contributed by atoms with Crippen molar-refractivity contribution in [3.05, 3.63) is 88.8 Å². The number of amidine groups is 1. The molecule has 0 amide bonds. The van der Waals surface area contributed by atoms with Gasteiger partial charge in [-0.15, -0.1) is 0 Å². The first kappa shape index (κ1) is 49.3. The molecule has 276 valence electrons. The number of aliphatic imine (C=N–C) groups is 2. The van der Waals surface area contributed by atoms with Crippen molar-refractivity contribution < 1.29 is 9.59 Å². The zero-order valence-corrected chi connectivity index (χ0v) is 33.5. The van der Waals surface area contributed by atoms with Crippen LogP contribution in [-0.2, 0) is 9.59 Å². The lowest BCUT2D eigenvalue weighted by molar-refractivity contribution is -0.0987. The molecule has 1 saturated heterocycles. The first-order chi connectivity index (χ1) is 23.6. The monoisotopic (exact) mass is 679 g/mol. The Morgan fingerprint density at radius 1 is 0.878 bits per heavy atom. The van der Waals surface area contributed by atoms with Gasteiger partial charge in [0.25, 0.3) is 0 Å². The van der Waals surface area contributed by atoms with Crippen molar-refractivity contribution in [2.75, 3.05) is 59.4 Å². The van der Waals surface area contributed by atoms with Gasteiger partial charge in [0.15, 0.2) is 0 Å². The summed E-state index contributed by atoms with van der Waals surface area (Å²) in [7, 11) is 1.85. The van der Waals surface area contributed by atoms with E-state index >= 15 is 0 Å². The Morgan fingerprint density at radius 3 is 1.90 bits per heavy atom. The van der Waals surface area contributed by atoms with Crippen molar-refractivity contribution in [2.45, 2.75) is 83.1 Å². The van der Waals surface area contributed by atoms with E-state index in [-0.39, 0.29) is 0 Å². The minimum absolute atomic E-state index is 0.735. The number of carbonyl (C=O) groups is 2. The molecule has 0 aromatic heterocycles. The van der Waals surface area contributed by atoms with E-state index in [1.54, 1.807) is 6.20 Å². The van der Waals surface area contributed by atoms with Gasteiger partial charge in [-0.1, -0.05) is 65.1 Å². The molecule has 1 aliphatic heterocycles. The van der Waals surface area contributed by atoms with Crippen LogP contribution in [0.15, 0.2) is 82.1 Å². The highest BCUT2D eigenvalue weighted by Crippen LogP contribution is 2.24. The summed E-state index contributed by atoms with van der Waals surface area (Å²) in [6, 6.07) is 6.38. The fraction of sp³-hybridized carbons (Fsp3) is 0.512. The zero-order chi connectivity index (χ0) is 38.5. The van der Waals surface area contributed by atoms with Crippen LogP contribution in [-0.4, -0.2) is 99.2 Å². The Kier molecular flexibility index (Phi) is 30.3. The van der Waals surface area contributed by atoms with E-state index in [1.807, 2.05) is 48.3 Å². The Balaban J connectivity index is -0.00000245. The summed E-state index contributed by atoms with van der Waals surface area (Å²) in [4.78, 5) is 32.6. The third-order valence-electron chi connectivity index (χ3n) is 8.45. The highest BCUT2D eigenvalue weighted by molar-refractivity contribution is 6.01. The highest BCUT2D eigenvalue weighted by Gasteiger charge is 2.17. The molecule has 0 radical (unpaired) electrons. The minimum atomic E-state index is 0.735. The van der Waals surface area contributed by atoms with E-state index in [2.05, 4.69) is 124 Å². The van der Waals surface area contributed by atoms with Crippen LogP contribution in [0.3, 0.4) is 0 Å². The van der Waals surface area contributed by atoms with Crippen LogP contribution in [0.4, 0.5) is 0 Å². The summed E-state index contributed by atoms with van der Waals surface area (Å²) in [6.45, 7) is 45.2. The first-order valence-electron chi connectivity index (χ1n) is 17.6. The van der Waals surface area contributed by atoms with Crippen molar-refractivity contribution in [3.63, 3.8) is 0 Å². The normalized spacial score (nSPS) is 14.2. The smallest absolute Gasteiger partial charge is 0.132 e. The Labute approximate surface area is 301 Å². The minimum Gasteiger partial charge on any atom is -0.372 e. The molecule has 1 N–H and O–H groups in total. The van der Waals surface area contributed by atoms with Crippen molar-refractivity contribution in [2.24, 2.45) is 9.98 Å². The van der Waals surface area contributed by atoms with E-state index in [4.69, 9.17) is 14.6 Å². The van der Waals surface area contributed by atoms with E-state index < -0.39 is 0 Å². The third-order valence-corrected chi connectivity index (χ3v) is 8.45. The number of carbonyl (C=O) groups excluding carboxylic acids is 2. The molecule has 8 nitrogen and oxygen atoms in total. The van der Waals surface area contributed by atoms with Crippen LogP contribution in [0.2, 0.25) is 0 Å². The average Bonchev–Trinajstić information content (AvgIpc) is 3.16. The number of hydrogen-bond acceptors (Lipinski definition) is 7. The van der Waals surface area contributed by atoms with E-state index in [0.29, 0.717) is 0 Å². The summed E-state index contributed by atoms with van der Waals surface area (Å²) in [5, 5.41) is 3.29. The third kappa shape index (κ3) is 16.8. The van der Waals surface area contributed by atoms with Gasteiger partial charge in [-0.05, 0) is 89.9 Å². The van der Waals surface area contributed by atoms with Crippen LogP contribution in [0.5, 0.6) is 0 Å². The van der Waals surface area contributed by atoms with Crippen molar-refractivity contribution in [1.29, 1.82) is 0 Å². The molecular weight excluding hydrogens is 608 g/mol. The number of piperazine rings is 1. The molecule has 1 aliphatic rings. The molecule has 0 bridgehead atoms. The van der Waals surface area contributed by atoms with Gasteiger partial charge >= 0.3 is 0 Å². The zero-order valence-electron chi connectivity index (χ0n) is 33.5. The molecule has 1 heterocycles. The van der Waals surface area contributed by atoms with Gasteiger partial charge in [-0.2, -0.15) is 0 Å². The van der Waals surface area contributed by atoms with Crippen LogP contribution in [0.1, 0.15) is 92.9 Å². The maximum atomic E-state index is 8.00. The second kappa shape index (κ2) is 30.1. The van der Waals surface area contributed by atoms with Crippen LogP contribution < -0.4 is 5.32 Å². The molecule has 0 atom stereocenters. The van der Waals surface area contributed by atoms with Crippen LogP contribution >= 0.6 is 0 Å². The molecule has 0 spiro atoms. The lowest BCUT2D eigenvalue weighted by atomic mass is 9.99. The lowest BCUT2D eigenvalue weighted by Crippen LogP contribution is -2.46. The second-order valence-electron chi connectivity index (χ2n) is 10.7. The predicted molar refractivity (Wildman–Crippen MR) is 218 cm³/mol. The molecule has 2 rings (SSSR count). The fourth-order valence-corrected chi connectivity index (χ4v) is 5.12. The van der Waals surface area contributed by atoms with Gasteiger partial charge in [0.05, 0.1) is 6.54 Å². The first-order valence-corrected chi connectivity index (χ1v) is 17.6. The number of nitrogens with zero attached hydrogens (tertiary/aromatic N) is 5. The summed E-state index contributed by atoms with van der Waals surface area (Å²) in [6.07, 6.45) is 6.20. The molecule has 49 heavy (non-hydrogen) atoms. The van der Waals surface area contributed by atoms with Crippen LogP contribution in [0, 0.1) is 6.92 Å². The van der Waals surface area contributed by atoms with Gasteiger partial charge in [0.1, 0.15) is 19.4 Å². The van der Waals surface area contributed by atoms with Crippen LogP contribution in [0.25, 0.3) is 5.70 Å². The maximum absolute atomic E-state index is 8.00. The standard InChI is InChI=1S/C35H54N6.2C2H6.2CH2O/c1-12-37-35(34-17-15-16-33(30(34)8)32(10)40(13-2)14-3)38-20-21-39-22-24-41(25-23-39)27(5)19-18-26(4)28(6)29(7)31(9)36-11;4*1-2/h12,15-19H,1,10,13-14,20-25H2,2-9,11H3,(H,37,38);2*1-2H3;2*1H2/b26-18+,27-19+,29-28+,36-31?;;;;. The molecule has 1 aromatic carbocycles. The maximum Gasteiger partial charge on any atom is 0.132 e. The number of rotatable bonds is 13. The molecule has 0 aliphatic carbocycles. The quantitative estimate of drug-likeness (QED) is 0.128. The average molecular weight is 679 g/mol. The van der Waals surface area contributed by atoms with Crippen molar-refractivity contribution in [3.8, 4) is 0 Å². The van der Waals surface area contributed by atoms with Crippen molar-refractivity contribution >= 4 is 30.8 Å². The number of benzene rings is 1. The summed E-state index contributed by atoms with van der Waals surface area (Å²) < 4.78 is 0. The number of nitrogens with one attached hydrogen (secondary N) is 1. The molecular formula is C41H70N6O2. The number of allylic oxidation sites excluding steroid dienone is 6. The van der Waals surface area contributed by atoms with Crippen molar-refractivity contribution in [1.82, 2.24) is 20.0 Å². The van der Waals surface area contributed by atoms with Gasteiger partial charge < -0.3 is 24.7 Å². The Hall–Kier alpha value is -4.04. The highest BCUT2D eigenvalue weighted by atomic mass is 16.1. The predicted octanol–water partition coefficient (Wildman–Crippen LogP) is 8.36. The topological polar surface area (TPSA) is 80.6 Å². The molecule has 1 aromatic rings. The van der Waals surface area contributed by atoms with E-state index in [0.717, 1.165) is 75.2 Å². The van der Waals surface area contributed by atoms with E-state index in [1.165, 1.54) is 33.5 Å².